The number of rotatable bonds is 6. The molecule has 0 unspecified atom stereocenters. The molecule has 0 fully saturated rings. The van der Waals surface area contributed by atoms with E-state index in [9.17, 15) is 31.0 Å². The zero-order valence-electron chi connectivity index (χ0n) is 12.3. The van der Waals surface area contributed by atoms with Crippen molar-refractivity contribution in [3.8, 4) is 0 Å². The first kappa shape index (κ1) is 19.0. The highest BCUT2D eigenvalue weighted by Gasteiger charge is 2.32. The van der Waals surface area contributed by atoms with Crippen molar-refractivity contribution < 1.29 is 40.6 Å². The second-order valence-electron chi connectivity index (χ2n) is 4.81. The Kier molecular flexibility index (Phi) is 4.97. The monoisotopic (exact) mass is 392 g/mol. The quantitative estimate of drug-likeness (QED) is 0.341. The number of aliphatic hydroxyl groups excluding tert-OH is 1. The Morgan fingerprint density at radius 3 is 2.20 bits per heavy atom. The van der Waals surface area contributed by atoms with Crippen LogP contribution in [0.3, 0.4) is 0 Å². The van der Waals surface area contributed by atoms with Gasteiger partial charge in [0.25, 0.3) is 32.1 Å². The van der Waals surface area contributed by atoms with Crippen molar-refractivity contribution in [1.29, 1.82) is 0 Å². The van der Waals surface area contributed by atoms with Crippen LogP contribution in [0.2, 0.25) is 0 Å². The minimum absolute atomic E-state index is 0.296. The van der Waals surface area contributed by atoms with Crippen molar-refractivity contribution in [2.75, 3.05) is 18.5 Å². The molecule has 25 heavy (non-hydrogen) atoms. The number of amides is 2. The summed E-state index contributed by atoms with van der Waals surface area (Å²) in [6.45, 7) is -0.789. The summed E-state index contributed by atoms with van der Waals surface area (Å²) < 4.78 is 63.4. The van der Waals surface area contributed by atoms with E-state index in [0.717, 1.165) is 12.1 Å². The van der Waals surface area contributed by atoms with Gasteiger partial charge in [-0.05, 0) is 18.2 Å². The lowest BCUT2D eigenvalue weighted by Crippen LogP contribution is -2.34. The summed E-state index contributed by atoms with van der Waals surface area (Å²) in [4.78, 5) is 22.9. The molecule has 0 spiro atoms. The van der Waals surface area contributed by atoms with Crippen molar-refractivity contribution in [2.24, 2.45) is 0 Å². The van der Waals surface area contributed by atoms with Crippen LogP contribution in [0.25, 0.3) is 0 Å². The first-order chi connectivity index (χ1) is 11.4. The van der Waals surface area contributed by atoms with Gasteiger partial charge in [-0.15, -0.1) is 0 Å². The molecule has 0 atom stereocenters. The standard InChI is InChI=1S/C12H12N2O9S2/c15-4-3-14-11(16)6-9(12(14)17)13-8-5-7(24(18,19)20)1-2-10(8)25(21,22)23/h1-2,5-6,13,15H,3-4H2,(H,18,19,20)(H,21,22,23). The lowest BCUT2D eigenvalue weighted by Gasteiger charge is -2.15. The summed E-state index contributed by atoms with van der Waals surface area (Å²) in [6, 6.07) is 2.11. The van der Waals surface area contributed by atoms with Gasteiger partial charge in [-0.2, -0.15) is 16.8 Å². The summed E-state index contributed by atoms with van der Waals surface area (Å²) >= 11 is 0. The molecule has 11 nitrogen and oxygen atoms in total. The molecule has 1 aromatic carbocycles. The highest BCUT2D eigenvalue weighted by Crippen LogP contribution is 2.27. The first-order valence-corrected chi connectivity index (χ1v) is 9.37. The van der Waals surface area contributed by atoms with E-state index in [2.05, 4.69) is 5.32 Å². The molecule has 0 saturated heterocycles. The normalized spacial score (nSPS) is 15.5. The Bertz CT molecular complexity index is 980. The first-order valence-electron chi connectivity index (χ1n) is 6.49. The van der Waals surface area contributed by atoms with Gasteiger partial charge in [0.15, 0.2) is 0 Å². The van der Waals surface area contributed by atoms with E-state index in [4.69, 9.17) is 9.66 Å². The van der Waals surface area contributed by atoms with E-state index in [0.29, 0.717) is 17.0 Å². The van der Waals surface area contributed by atoms with E-state index in [1.807, 2.05) is 0 Å². The summed E-state index contributed by atoms with van der Waals surface area (Å²) in [5, 5.41) is 11.1. The van der Waals surface area contributed by atoms with Gasteiger partial charge in [0.1, 0.15) is 10.6 Å². The van der Waals surface area contributed by atoms with E-state index in [1.54, 1.807) is 0 Å². The highest BCUT2D eigenvalue weighted by molar-refractivity contribution is 7.86. The molecule has 4 N–H and O–H groups in total. The van der Waals surface area contributed by atoms with Gasteiger partial charge in [0, 0.05) is 6.08 Å². The van der Waals surface area contributed by atoms with E-state index in [-0.39, 0.29) is 6.54 Å². The summed E-state index contributed by atoms with van der Waals surface area (Å²) in [6.07, 6.45) is 0.811. The maximum absolute atomic E-state index is 12.0. The number of imide groups is 1. The number of β-amino-alcohol motifs (C(OH)–C–C–N with tert-alkyl or cyclic N) is 1. The topological polar surface area (TPSA) is 178 Å². The number of benzene rings is 1. The SMILES string of the molecule is O=C1C=C(Nc2cc(S(=O)(=O)O)ccc2S(=O)(=O)O)C(=O)N1CCO. The van der Waals surface area contributed by atoms with Gasteiger partial charge in [-0.1, -0.05) is 0 Å². The molecule has 0 bridgehead atoms. The number of anilines is 1. The van der Waals surface area contributed by atoms with E-state index in [1.165, 1.54) is 0 Å². The molecule has 0 radical (unpaired) electrons. The molecule has 2 amide bonds. The highest BCUT2D eigenvalue weighted by atomic mass is 32.2. The molecule has 1 aliphatic heterocycles. The van der Waals surface area contributed by atoms with Crippen LogP contribution in [0.15, 0.2) is 39.8 Å². The number of nitrogens with zero attached hydrogens (tertiary/aromatic N) is 1. The molecule has 0 saturated carbocycles. The number of nitrogens with one attached hydrogen (secondary N) is 1. The van der Waals surface area contributed by atoms with Gasteiger partial charge in [0.2, 0.25) is 0 Å². The number of carbonyl (C=O) groups is 2. The average Bonchev–Trinajstić information content (AvgIpc) is 2.73. The van der Waals surface area contributed by atoms with Crippen LogP contribution in [-0.2, 0) is 29.8 Å². The van der Waals surface area contributed by atoms with Crippen LogP contribution < -0.4 is 5.32 Å². The Morgan fingerprint density at radius 1 is 1.04 bits per heavy atom. The zero-order chi connectivity index (χ0) is 19.0. The fraction of sp³-hybridized carbons (Fsp3) is 0.167. The fourth-order valence-corrected chi connectivity index (χ4v) is 3.18. The van der Waals surface area contributed by atoms with Crippen LogP contribution in [0.4, 0.5) is 5.69 Å². The van der Waals surface area contributed by atoms with Crippen LogP contribution in [0.5, 0.6) is 0 Å². The Hall–Kier alpha value is -2.32. The summed E-state index contributed by atoms with van der Waals surface area (Å²) in [5.41, 5.74) is -0.952. The van der Waals surface area contributed by atoms with Gasteiger partial charge in [0.05, 0.1) is 23.7 Å². The van der Waals surface area contributed by atoms with Crippen LogP contribution in [-0.4, -0.2) is 60.9 Å². The third-order valence-electron chi connectivity index (χ3n) is 3.13. The predicted octanol–water partition coefficient (Wildman–Crippen LogP) is -1.16. The summed E-state index contributed by atoms with van der Waals surface area (Å²) in [7, 11) is -9.50. The molecule has 1 heterocycles. The minimum atomic E-state index is -4.81. The number of aliphatic hydroxyl groups is 1. The number of hydrogen-bond acceptors (Lipinski definition) is 8. The smallest absolute Gasteiger partial charge is 0.296 e. The third-order valence-corrected chi connectivity index (χ3v) is 4.89. The maximum Gasteiger partial charge on any atom is 0.296 e. The maximum atomic E-state index is 12.0. The summed E-state index contributed by atoms with van der Waals surface area (Å²) in [5.74, 6) is -1.67. The molecule has 2 rings (SSSR count). The Labute approximate surface area is 142 Å². The van der Waals surface area contributed by atoms with Crippen molar-refractivity contribution in [3.05, 3.63) is 30.0 Å². The zero-order valence-corrected chi connectivity index (χ0v) is 13.9. The third kappa shape index (κ3) is 4.02. The number of carbonyl (C=O) groups excluding carboxylic acids is 2. The molecule has 1 aromatic rings. The Balaban J connectivity index is 2.50. The Morgan fingerprint density at radius 2 is 1.68 bits per heavy atom. The van der Waals surface area contributed by atoms with Crippen LogP contribution in [0, 0.1) is 0 Å². The predicted molar refractivity (Wildman–Crippen MR) is 81.6 cm³/mol. The molecule has 136 valence electrons. The van der Waals surface area contributed by atoms with E-state index >= 15 is 0 Å². The molecule has 0 aliphatic carbocycles. The molecule has 13 heteroatoms. The lowest BCUT2D eigenvalue weighted by molar-refractivity contribution is -0.137. The van der Waals surface area contributed by atoms with Gasteiger partial charge < -0.3 is 10.4 Å². The van der Waals surface area contributed by atoms with Gasteiger partial charge >= 0.3 is 0 Å². The van der Waals surface area contributed by atoms with E-state index < -0.39 is 59.8 Å². The van der Waals surface area contributed by atoms with Gasteiger partial charge in [-0.25, -0.2) is 0 Å². The largest absolute Gasteiger partial charge is 0.395 e. The fourth-order valence-electron chi connectivity index (χ4n) is 2.05. The molecule has 0 aromatic heterocycles. The second kappa shape index (κ2) is 6.53. The molecular formula is C12H12N2O9S2. The second-order valence-corrected chi connectivity index (χ2v) is 7.62. The van der Waals surface area contributed by atoms with Crippen molar-refractivity contribution in [3.63, 3.8) is 0 Å². The molecular weight excluding hydrogens is 380 g/mol. The van der Waals surface area contributed by atoms with Gasteiger partial charge in [-0.3, -0.25) is 23.6 Å². The number of hydrogen-bond donors (Lipinski definition) is 4. The van der Waals surface area contributed by atoms with Crippen molar-refractivity contribution in [1.82, 2.24) is 4.90 Å². The van der Waals surface area contributed by atoms with Crippen molar-refractivity contribution in [2.45, 2.75) is 9.79 Å². The molecule has 1 aliphatic rings. The van der Waals surface area contributed by atoms with Crippen LogP contribution >= 0.6 is 0 Å². The minimum Gasteiger partial charge on any atom is -0.395 e. The average molecular weight is 392 g/mol. The van der Waals surface area contributed by atoms with Crippen molar-refractivity contribution >= 4 is 37.7 Å². The van der Waals surface area contributed by atoms with Crippen LogP contribution in [0.1, 0.15) is 0 Å². The lowest BCUT2D eigenvalue weighted by atomic mass is 10.3.